The summed E-state index contributed by atoms with van der Waals surface area (Å²) in [5, 5.41) is 8.03. The largest absolute Gasteiger partial charge is 0.611 e. The van der Waals surface area contributed by atoms with Gasteiger partial charge in [-0.3, -0.25) is 4.68 Å². The molecule has 9 heteroatoms. The maximum absolute atomic E-state index is 12.8. The summed E-state index contributed by atoms with van der Waals surface area (Å²) in [7, 11) is 0. The minimum atomic E-state index is -4.45. The van der Waals surface area contributed by atoms with E-state index in [-0.39, 0.29) is 10.6 Å². The second kappa shape index (κ2) is 8.41. The summed E-state index contributed by atoms with van der Waals surface area (Å²) in [5.41, 5.74) is -0.284. The van der Waals surface area contributed by atoms with Crippen molar-refractivity contribution in [2.75, 3.05) is 19.6 Å². The van der Waals surface area contributed by atoms with E-state index < -0.39 is 22.9 Å². The third-order valence-electron chi connectivity index (χ3n) is 4.38. The van der Waals surface area contributed by atoms with Gasteiger partial charge in [0.2, 0.25) is 0 Å². The Morgan fingerprint density at radius 3 is 2.62 bits per heavy atom. The predicted molar refractivity (Wildman–Crippen MR) is 91.9 cm³/mol. The smallest absolute Gasteiger partial charge is 0.416 e. The minimum absolute atomic E-state index is 0.0467. The molecule has 0 saturated carbocycles. The number of nitrogens with zero attached hydrogens (tertiary/aromatic N) is 4. The maximum Gasteiger partial charge on any atom is 0.416 e. The third-order valence-corrected chi connectivity index (χ3v) is 5.72. The van der Waals surface area contributed by atoms with E-state index in [1.165, 1.54) is 31.4 Å². The fourth-order valence-electron chi connectivity index (χ4n) is 2.97. The number of piperidine rings is 1. The first kappa shape index (κ1) is 19.2. The highest BCUT2D eigenvalue weighted by Gasteiger charge is 2.31. The van der Waals surface area contributed by atoms with Gasteiger partial charge < -0.3 is 9.45 Å². The Labute approximate surface area is 153 Å². The maximum atomic E-state index is 12.8. The van der Waals surface area contributed by atoms with Gasteiger partial charge in [-0.05, 0) is 49.2 Å². The Balaban J connectivity index is 1.56. The first-order valence-electron chi connectivity index (χ1n) is 8.59. The molecule has 1 aromatic carbocycles. The molecule has 1 unspecified atom stereocenters. The molecule has 0 amide bonds. The minimum Gasteiger partial charge on any atom is -0.611 e. The van der Waals surface area contributed by atoms with Crippen LogP contribution in [0.5, 0.6) is 0 Å². The van der Waals surface area contributed by atoms with Crippen LogP contribution in [0.25, 0.3) is 0 Å². The number of benzene rings is 1. The lowest BCUT2D eigenvalue weighted by molar-refractivity contribution is -0.137. The second-order valence-electron chi connectivity index (χ2n) is 6.39. The van der Waals surface area contributed by atoms with E-state index in [0.29, 0.717) is 12.2 Å². The number of alkyl halides is 3. The summed E-state index contributed by atoms with van der Waals surface area (Å²) in [6, 6.07) is 4.60. The lowest BCUT2D eigenvalue weighted by Crippen LogP contribution is -2.32. The quantitative estimate of drug-likeness (QED) is 0.716. The van der Waals surface area contributed by atoms with Gasteiger partial charge in [0, 0.05) is 12.6 Å². The summed E-state index contributed by atoms with van der Waals surface area (Å²) in [6.45, 7) is 3.78. The van der Waals surface area contributed by atoms with Crippen molar-refractivity contribution in [3.63, 3.8) is 0 Å². The van der Waals surface area contributed by atoms with Gasteiger partial charge in [0.05, 0.1) is 18.3 Å². The van der Waals surface area contributed by atoms with E-state index in [9.17, 15) is 17.7 Å². The fraction of sp³-hybridized carbons (Fsp3) is 0.529. The Kier molecular flexibility index (Phi) is 6.20. The van der Waals surface area contributed by atoms with Crippen molar-refractivity contribution in [3.05, 3.63) is 41.7 Å². The molecule has 0 radical (unpaired) electrons. The Morgan fingerprint density at radius 2 is 1.88 bits per heavy atom. The zero-order valence-electron chi connectivity index (χ0n) is 14.3. The van der Waals surface area contributed by atoms with Crippen molar-refractivity contribution in [1.82, 2.24) is 19.9 Å². The summed E-state index contributed by atoms with van der Waals surface area (Å²) in [5.74, 6) is 0.0467. The van der Waals surface area contributed by atoms with Gasteiger partial charge in [-0.1, -0.05) is 17.7 Å². The zero-order chi connectivity index (χ0) is 18.6. The molecule has 5 nitrogen and oxygen atoms in total. The van der Waals surface area contributed by atoms with Crippen LogP contribution in [0.15, 0.2) is 35.4 Å². The predicted octanol–water partition coefficient (Wildman–Crippen LogP) is 3.09. The van der Waals surface area contributed by atoms with Crippen LogP contribution >= 0.6 is 0 Å². The highest BCUT2D eigenvalue weighted by molar-refractivity contribution is 7.90. The molecule has 1 aromatic heterocycles. The topological polar surface area (TPSA) is 57.0 Å². The number of aromatic nitrogens is 3. The molecule has 0 N–H and O–H groups in total. The average Bonchev–Trinajstić information content (AvgIpc) is 3.07. The Morgan fingerprint density at radius 1 is 1.12 bits per heavy atom. The first-order valence-corrected chi connectivity index (χ1v) is 9.91. The van der Waals surface area contributed by atoms with E-state index in [2.05, 4.69) is 15.2 Å². The van der Waals surface area contributed by atoms with Gasteiger partial charge in [0.25, 0.3) is 0 Å². The van der Waals surface area contributed by atoms with Crippen LogP contribution in [0, 0.1) is 0 Å². The molecule has 3 rings (SSSR count). The number of likely N-dealkylation sites (tertiary alicyclic amines) is 1. The second-order valence-corrected chi connectivity index (χ2v) is 7.84. The Hall–Kier alpha value is -1.58. The normalized spacial score (nSPS) is 17.4. The van der Waals surface area contributed by atoms with Gasteiger partial charge >= 0.3 is 6.18 Å². The van der Waals surface area contributed by atoms with Crippen molar-refractivity contribution in [2.45, 2.75) is 42.6 Å². The standard InChI is InChI=1S/C17H21F3N4OS/c18-17(19,20)14-5-4-6-16(11-14)26(25)13-15-12-24(22-21-15)10-9-23-7-2-1-3-8-23/h4-6,11-12H,1-3,7-10,13H2. The summed E-state index contributed by atoms with van der Waals surface area (Å²) in [6.07, 6.45) is 0.996. The van der Waals surface area contributed by atoms with Crippen molar-refractivity contribution < 1.29 is 17.7 Å². The lowest BCUT2D eigenvalue weighted by atomic mass is 10.1. The number of halogens is 3. The van der Waals surface area contributed by atoms with Crippen LogP contribution in [0.4, 0.5) is 13.2 Å². The molecule has 0 spiro atoms. The highest BCUT2D eigenvalue weighted by atomic mass is 32.2. The summed E-state index contributed by atoms with van der Waals surface area (Å²) in [4.78, 5) is 2.52. The summed E-state index contributed by atoms with van der Waals surface area (Å²) < 4.78 is 52.4. The molecule has 1 fully saturated rings. The Bertz CT molecular complexity index is 716. The monoisotopic (exact) mass is 386 g/mol. The molecule has 0 aliphatic carbocycles. The van der Waals surface area contributed by atoms with Gasteiger partial charge in [-0.15, -0.1) is 5.10 Å². The molecule has 0 bridgehead atoms. The van der Waals surface area contributed by atoms with Crippen molar-refractivity contribution >= 4 is 11.2 Å². The van der Waals surface area contributed by atoms with E-state index >= 15 is 0 Å². The van der Waals surface area contributed by atoms with Crippen molar-refractivity contribution in [3.8, 4) is 0 Å². The lowest BCUT2D eigenvalue weighted by Gasteiger charge is -2.25. The highest BCUT2D eigenvalue weighted by Crippen LogP contribution is 2.31. The van der Waals surface area contributed by atoms with Crippen LogP contribution in [-0.4, -0.2) is 44.1 Å². The molecule has 1 aliphatic rings. The molecule has 142 valence electrons. The van der Waals surface area contributed by atoms with Gasteiger partial charge in [-0.2, -0.15) is 13.2 Å². The first-order chi connectivity index (χ1) is 12.4. The number of rotatable bonds is 6. The van der Waals surface area contributed by atoms with Crippen LogP contribution in [0.2, 0.25) is 0 Å². The van der Waals surface area contributed by atoms with Crippen LogP contribution < -0.4 is 0 Å². The van der Waals surface area contributed by atoms with E-state index in [1.54, 1.807) is 10.9 Å². The average molecular weight is 386 g/mol. The zero-order valence-corrected chi connectivity index (χ0v) is 15.1. The molecule has 2 heterocycles. The van der Waals surface area contributed by atoms with Crippen LogP contribution in [0.3, 0.4) is 0 Å². The number of hydrogen-bond donors (Lipinski definition) is 0. The van der Waals surface area contributed by atoms with Gasteiger partial charge in [0.15, 0.2) is 10.6 Å². The molecular weight excluding hydrogens is 365 g/mol. The molecule has 26 heavy (non-hydrogen) atoms. The molecule has 1 atom stereocenters. The van der Waals surface area contributed by atoms with Gasteiger partial charge in [-0.25, -0.2) is 0 Å². The van der Waals surface area contributed by atoms with Crippen LogP contribution in [0.1, 0.15) is 30.5 Å². The molecule has 1 saturated heterocycles. The van der Waals surface area contributed by atoms with E-state index in [0.717, 1.165) is 31.8 Å². The van der Waals surface area contributed by atoms with E-state index in [4.69, 9.17) is 0 Å². The molecule has 2 aromatic rings. The van der Waals surface area contributed by atoms with Crippen LogP contribution in [-0.2, 0) is 29.6 Å². The number of hydrogen-bond acceptors (Lipinski definition) is 4. The van der Waals surface area contributed by atoms with Gasteiger partial charge in [0.1, 0.15) is 5.69 Å². The summed E-state index contributed by atoms with van der Waals surface area (Å²) >= 11 is -1.60. The molecule has 1 aliphatic heterocycles. The van der Waals surface area contributed by atoms with E-state index in [1.807, 2.05) is 0 Å². The third kappa shape index (κ3) is 5.21. The van der Waals surface area contributed by atoms with Crippen molar-refractivity contribution in [1.29, 1.82) is 0 Å². The SMILES string of the molecule is [O-][S+](Cc1cn(CCN2CCCCC2)nn1)c1cccc(C(F)(F)F)c1. The fourth-order valence-corrected chi connectivity index (χ4v) is 4.03. The molecular formula is C17H21F3N4OS. The van der Waals surface area contributed by atoms with Crippen molar-refractivity contribution in [2.24, 2.45) is 0 Å².